The average molecular weight is 240 g/mol. The first-order valence-electron chi connectivity index (χ1n) is 5.68. The van der Waals surface area contributed by atoms with E-state index in [1.165, 1.54) is 0 Å². The molecule has 0 unspecified atom stereocenters. The number of hydrogen-bond acceptors (Lipinski definition) is 3. The van der Waals surface area contributed by atoms with Crippen molar-refractivity contribution in [2.45, 2.75) is 0 Å². The molecule has 3 rings (SSSR count). The predicted octanol–water partition coefficient (Wildman–Crippen LogP) is 3.03. The lowest BCUT2D eigenvalue weighted by Gasteiger charge is -2.18. The molecule has 0 bridgehead atoms. The van der Waals surface area contributed by atoms with Gasteiger partial charge in [0.1, 0.15) is 23.9 Å². The molecule has 0 fully saturated rings. The molecule has 3 nitrogen and oxygen atoms in total. The van der Waals surface area contributed by atoms with Crippen LogP contribution in [0, 0.1) is 0 Å². The SMILES string of the molecule is Oc1cccc(C2=Cc3ccc(O)cc3OC2)c1. The lowest BCUT2D eigenvalue weighted by atomic mass is 10.0. The molecule has 0 saturated heterocycles. The highest BCUT2D eigenvalue weighted by Gasteiger charge is 2.13. The number of benzene rings is 2. The van der Waals surface area contributed by atoms with E-state index in [0.29, 0.717) is 12.4 Å². The van der Waals surface area contributed by atoms with E-state index < -0.39 is 0 Å². The molecule has 90 valence electrons. The van der Waals surface area contributed by atoms with E-state index in [2.05, 4.69) is 0 Å². The summed E-state index contributed by atoms with van der Waals surface area (Å²) in [5.41, 5.74) is 2.87. The molecule has 0 spiro atoms. The quantitative estimate of drug-likeness (QED) is 0.805. The van der Waals surface area contributed by atoms with Gasteiger partial charge in [-0.25, -0.2) is 0 Å². The van der Waals surface area contributed by atoms with E-state index >= 15 is 0 Å². The van der Waals surface area contributed by atoms with Gasteiger partial charge >= 0.3 is 0 Å². The van der Waals surface area contributed by atoms with Crippen LogP contribution < -0.4 is 4.74 Å². The Morgan fingerprint density at radius 1 is 0.944 bits per heavy atom. The first kappa shape index (κ1) is 10.7. The molecular formula is C15H12O3. The van der Waals surface area contributed by atoms with Crippen molar-refractivity contribution in [3.63, 3.8) is 0 Å². The molecular weight excluding hydrogens is 228 g/mol. The standard InChI is InChI=1S/C15H12O3/c16-13-3-1-2-10(7-13)12-6-11-4-5-14(17)8-15(11)18-9-12/h1-8,16-17H,9H2. The Labute approximate surface area is 105 Å². The van der Waals surface area contributed by atoms with Crippen LogP contribution in [0.4, 0.5) is 0 Å². The molecule has 0 saturated carbocycles. The Balaban J connectivity index is 2.03. The van der Waals surface area contributed by atoms with Crippen molar-refractivity contribution in [2.24, 2.45) is 0 Å². The molecule has 2 aromatic carbocycles. The summed E-state index contributed by atoms with van der Waals surface area (Å²) in [6.07, 6.45) is 2.01. The molecule has 1 aliphatic rings. The third-order valence-electron chi connectivity index (χ3n) is 2.93. The summed E-state index contributed by atoms with van der Waals surface area (Å²) < 4.78 is 5.60. The summed E-state index contributed by atoms with van der Waals surface area (Å²) in [4.78, 5) is 0. The minimum absolute atomic E-state index is 0.197. The number of phenols is 2. The van der Waals surface area contributed by atoms with Gasteiger partial charge in [0.05, 0.1) is 0 Å². The van der Waals surface area contributed by atoms with E-state index in [1.807, 2.05) is 18.2 Å². The van der Waals surface area contributed by atoms with Crippen LogP contribution in [0.1, 0.15) is 11.1 Å². The maximum Gasteiger partial charge on any atom is 0.130 e. The second-order valence-electron chi connectivity index (χ2n) is 4.23. The molecule has 0 atom stereocenters. The van der Waals surface area contributed by atoms with Crippen LogP contribution in [0.15, 0.2) is 42.5 Å². The number of phenolic OH excluding ortho intramolecular Hbond substituents is 2. The van der Waals surface area contributed by atoms with Crippen LogP contribution >= 0.6 is 0 Å². The predicted molar refractivity (Wildman–Crippen MR) is 69.6 cm³/mol. The van der Waals surface area contributed by atoms with Crippen molar-refractivity contribution >= 4 is 11.6 Å². The fourth-order valence-corrected chi connectivity index (χ4v) is 2.02. The normalized spacial score (nSPS) is 13.4. The Morgan fingerprint density at radius 2 is 1.78 bits per heavy atom. The van der Waals surface area contributed by atoms with Crippen molar-refractivity contribution in [3.05, 3.63) is 53.6 Å². The van der Waals surface area contributed by atoms with Crippen LogP contribution in [0.2, 0.25) is 0 Å². The summed E-state index contributed by atoms with van der Waals surface area (Å²) in [6, 6.07) is 12.1. The molecule has 1 aliphatic heterocycles. The van der Waals surface area contributed by atoms with Gasteiger partial charge in [-0.2, -0.15) is 0 Å². The van der Waals surface area contributed by atoms with Crippen molar-refractivity contribution in [3.8, 4) is 17.2 Å². The third kappa shape index (κ3) is 1.91. The van der Waals surface area contributed by atoms with Crippen LogP contribution in [-0.4, -0.2) is 16.8 Å². The van der Waals surface area contributed by atoms with Gasteiger partial charge in [0.25, 0.3) is 0 Å². The summed E-state index contributed by atoms with van der Waals surface area (Å²) in [5, 5.41) is 18.8. The summed E-state index contributed by atoms with van der Waals surface area (Å²) >= 11 is 0. The van der Waals surface area contributed by atoms with Crippen molar-refractivity contribution in [1.29, 1.82) is 0 Å². The van der Waals surface area contributed by atoms with Gasteiger partial charge in [-0.15, -0.1) is 0 Å². The molecule has 1 heterocycles. The maximum atomic E-state index is 9.47. The Morgan fingerprint density at radius 3 is 2.61 bits per heavy atom. The Kier molecular flexibility index (Phi) is 2.45. The van der Waals surface area contributed by atoms with Crippen LogP contribution in [0.25, 0.3) is 11.6 Å². The molecule has 18 heavy (non-hydrogen) atoms. The van der Waals surface area contributed by atoms with E-state index in [9.17, 15) is 10.2 Å². The summed E-state index contributed by atoms with van der Waals surface area (Å²) in [7, 11) is 0. The Hall–Kier alpha value is -2.42. The number of hydrogen-bond donors (Lipinski definition) is 2. The largest absolute Gasteiger partial charge is 0.508 e. The fourth-order valence-electron chi connectivity index (χ4n) is 2.02. The summed E-state index contributed by atoms with van der Waals surface area (Å²) in [5.74, 6) is 1.12. The minimum atomic E-state index is 0.197. The van der Waals surface area contributed by atoms with Gasteiger partial charge in [0.2, 0.25) is 0 Å². The number of aromatic hydroxyl groups is 2. The third-order valence-corrected chi connectivity index (χ3v) is 2.93. The lowest BCUT2D eigenvalue weighted by Crippen LogP contribution is -2.06. The number of fused-ring (bicyclic) bond motifs is 1. The minimum Gasteiger partial charge on any atom is -0.508 e. The van der Waals surface area contributed by atoms with Crippen LogP contribution in [0.3, 0.4) is 0 Å². The van der Waals surface area contributed by atoms with Gasteiger partial charge in [-0.05, 0) is 41.5 Å². The lowest BCUT2D eigenvalue weighted by molar-refractivity contribution is 0.362. The molecule has 0 radical (unpaired) electrons. The maximum absolute atomic E-state index is 9.47. The van der Waals surface area contributed by atoms with Crippen molar-refractivity contribution in [1.82, 2.24) is 0 Å². The highest BCUT2D eigenvalue weighted by atomic mass is 16.5. The molecule has 2 N–H and O–H groups in total. The second-order valence-corrected chi connectivity index (χ2v) is 4.23. The van der Waals surface area contributed by atoms with E-state index in [4.69, 9.17) is 4.74 Å². The van der Waals surface area contributed by atoms with Crippen molar-refractivity contribution in [2.75, 3.05) is 6.61 Å². The summed E-state index contributed by atoms with van der Waals surface area (Å²) in [6.45, 7) is 0.430. The number of ether oxygens (including phenoxy) is 1. The molecule has 0 amide bonds. The zero-order valence-corrected chi connectivity index (χ0v) is 9.63. The molecule has 0 aromatic heterocycles. The van der Waals surface area contributed by atoms with E-state index in [0.717, 1.165) is 16.7 Å². The fraction of sp³-hybridized carbons (Fsp3) is 0.0667. The molecule has 3 heteroatoms. The molecule has 2 aromatic rings. The smallest absolute Gasteiger partial charge is 0.130 e. The van der Waals surface area contributed by atoms with Gasteiger partial charge in [0.15, 0.2) is 0 Å². The topological polar surface area (TPSA) is 49.7 Å². The first-order chi connectivity index (χ1) is 8.72. The highest BCUT2D eigenvalue weighted by Crippen LogP contribution is 2.33. The first-order valence-corrected chi connectivity index (χ1v) is 5.68. The van der Waals surface area contributed by atoms with Gasteiger partial charge in [-0.3, -0.25) is 0 Å². The van der Waals surface area contributed by atoms with Crippen LogP contribution in [-0.2, 0) is 0 Å². The second kappa shape index (κ2) is 4.11. The molecule has 0 aliphatic carbocycles. The van der Waals surface area contributed by atoms with Crippen LogP contribution in [0.5, 0.6) is 17.2 Å². The monoisotopic (exact) mass is 240 g/mol. The van der Waals surface area contributed by atoms with E-state index in [1.54, 1.807) is 30.3 Å². The average Bonchev–Trinajstić information content (AvgIpc) is 2.38. The zero-order chi connectivity index (χ0) is 12.5. The van der Waals surface area contributed by atoms with E-state index in [-0.39, 0.29) is 11.5 Å². The zero-order valence-electron chi connectivity index (χ0n) is 9.63. The highest BCUT2D eigenvalue weighted by molar-refractivity contribution is 5.86. The van der Waals surface area contributed by atoms with Gasteiger partial charge < -0.3 is 14.9 Å². The number of rotatable bonds is 1. The van der Waals surface area contributed by atoms with Crippen molar-refractivity contribution < 1.29 is 14.9 Å². The van der Waals surface area contributed by atoms with Gasteiger partial charge in [-0.1, -0.05) is 12.1 Å². The van der Waals surface area contributed by atoms with Gasteiger partial charge in [0, 0.05) is 11.6 Å². The Bertz CT molecular complexity index is 629.